The van der Waals surface area contributed by atoms with E-state index in [1.54, 1.807) is 6.08 Å². The van der Waals surface area contributed by atoms with Crippen LogP contribution < -0.4 is 0 Å². The molecule has 1 fully saturated rings. The molecule has 0 saturated carbocycles. The van der Waals surface area contributed by atoms with Crippen molar-refractivity contribution in [1.29, 1.82) is 0 Å². The van der Waals surface area contributed by atoms with E-state index in [9.17, 15) is 14.4 Å². The van der Waals surface area contributed by atoms with Gasteiger partial charge in [-0.3, -0.25) is 19.3 Å². The summed E-state index contributed by atoms with van der Waals surface area (Å²) in [6.07, 6.45) is 1.59. The maximum atomic E-state index is 11.7. The molecular weight excluding hydrogens is 262 g/mol. The van der Waals surface area contributed by atoms with Crippen LogP contribution in [0.1, 0.15) is 5.56 Å². The zero-order chi connectivity index (χ0) is 12.4. The first-order valence-corrected chi connectivity index (χ1v) is 6.33. The van der Waals surface area contributed by atoms with Gasteiger partial charge >= 0.3 is 5.97 Å². The van der Waals surface area contributed by atoms with Crippen LogP contribution in [0.15, 0.2) is 21.7 Å². The molecule has 1 aliphatic heterocycles. The average Bonchev–Trinajstić information content (AvgIpc) is 2.83. The predicted molar refractivity (Wildman–Crippen MR) is 64.6 cm³/mol. The molecule has 0 bridgehead atoms. The Labute approximate surface area is 105 Å². The van der Waals surface area contributed by atoms with Gasteiger partial charge < -0.3 is 5.11 Å². The number of carbonyl (C=O) groups is 3. The number of carbonyl (C=O) groups excluding carboxylic acids is 2. The third-order valence-corrected chi connectivity index (χ3v) is 3.62. The van der Waals surface area contributed by atoms with Gasteiger partial charge in [0.1, 0.15) is 6.54 Å². The Balaban J connectivity index is 2.21. The highest BCUT2D eigenvalue weighted by molar-refractivity contribution is 8.18. The number of carboxylic acids is 1. The fourth-order valence-electron chi connectivity index (χ4n) is 1.28. The number of thiophene rings is 1. The van der Waals surface area contributed by atoms with E-state index in [-0.39, 0.29) is 4.91 Å². The van der Waals surface area contributed by atoms with Crippen LogP contribution >= 0.6 is 23.1 Å². The molecule has 0 unspecified atom stereocenters. The van der Waals surface area contributed by atoms with Crippen molar-refractivity contribution in [2.45, 2.75) is 0 Å². The monoisotopic (exact) mass is 269 g/mol. The van der Waals surface area contributed by atoms with Crippen molar-refractivity contribution in [3.63, 3.8) is 0 Å². The third-order valence-electron chi connectivity index (χ3n) is 2.01. The molecule has 1 aliphatic rings. The number of nitrogens with zero attached hydrogens (tertiary/aromatic N) is 1. The quantitative estimate of drug-likeness (QED) is 0.848. The average molecular weight is 269 g/mol. The van der Waals surface area contributed by atoms with Crippen LogP contribution in [0.3, 0.4) is 0 Å². The van der Waals surface area contributed by atoms with Crippen molar-refractivity contribution in [3.8, 4) is 0 Å². The van der Waals surface area contributed by atoms with Gasteiger partial charge in [-0.15, -0.1) is 0 Å². The Morgan fingerprint density at radius 3 is 2.82 bits per heavy atom. The van der Waals surface area contributed by atoms with Crippen LogP contribution in [0, 0.1) is 0 Å². The van der Waals surface area contributed by atoms with Gasteiger partial charge in [0.25, 0.3) is 11.1 Å². The lowest BCUT2D eigenvalue weighted by Gasteiger charge is -2.07. The van der Waals surface area contributed by atoms with E-state index < -0.39 is 23.7 Å². The number of imide groups is 1. The van der Waals surface area contributed by atoms with Crippen LogP contribution in [-0.2, 0) is 9.59 Å². The summed E-state index contributed by atoms with van der Waals surface area (Å²) in [5.41, 5.74) is 0.829. The SMILES string of the molecule is O=C(O)CN1C(=O)S/C(=C\c2ccsc2)C1=O. The van der Waals surface area contributed by atoms with Crippen molar-refractivity contribution in [2.24, 2.45) is 0 Å². The number of rotatable bonds is 3. The van der Waals surface area contributed by atoms with Crippen LogP contribution in [0.25, 0.3) is 6.08 Å². The third kappa shape index (κ3) is 2.56. The molecule has 2 amide bonds. The number of aliphatic carboxylic acids is 1. The van der Waals surface area contributed by atoms with E-state index in [4.69, 9.17) is 5.11 Å². The normalized spacial score (nSPS) is 18.1. The van der Waals surface area contributed by atoms with Crippen molar-refractivity contribution in [1.82, 2.24) is 4.90 Å². The minimum Gasteiger partial charge on any atom is -0.480 e. The standard InChI is InChI=1S/C10H7NO4S2/c12-8(13)4-11-9(14)7(17-10(11)15)3-6-1-2-16-5-6/h1-3,5H,4H2,(H,12,13)/b7-3-. The predicted octanol–water partition coefficient (Wildman–Crippen LogP) is 1.87. The van der Waals surface area contributed by atoms with Crippen LogP contribution in [0.5, 0.6) is 0 Å². The van der Waals surface area contributed by atoms with Gasteiger partial charge in [-0.2, -0.15) is 11.3 Å². The van der Waals surface area contributed by atoms with E-state index >= 15 is 0 Å². The lowest BCUT2D eigenvalue weighted by molar-refractivity contribution is -0.140. The molecule has 5 nitrogen and oxygen atoms in total. The van der Waals surface area contributed by atoms with Crippen molar-refractivity contribution < 1.29 is 19.5 Å². The van der Waals surface area contributed by atoms with Gasteiger partial charge in [-0.05, 0) is 40.2 Å². The summed E-state index contributed by atoms with van der Waals surface area (Å²) in [5, 5.41) is 11.7. The first kappa shape index (κ1) is 11.9. The van der Waals surface area contributed by atoms with E-state index in [0.29, 0.717) is 0 Å². The Morgan fingerprint density at radius 1 is 1.47 bits per heavy atom. The molecule has 1 N–H and O–H groups in total. The molecule has 2 rings (SSSR count). The van der Waals surface area contributed by atoms with Gasteiger partial charge in [0.15, 0.2) is 0 Å². The summed E-state index contributed by atoms with van der Waals surface area (Å²) < 4.78 is 0. The van der Waals surface area contributed by atoms with Crippen LogP contribution in [0.4, 0.5) is 4.79 Å². The highest BCUT2D eigenvalue weighted by Crippen LogP contribution is 2.32. The summed E-state index contributed by atoms with van der Waals surface area (Å²) >= 11 is 2.24. The van der Waals surface area contributed by atoms with E-state index in [1.807, 2.05) is 16.8 Å². The number of amides is 2. The zero-order valence-electron chi connectivity index (χ0n) is 8.45. The fraction of sp³-hybridized carbons (Fsp3) is 0.100. The minimum absolute atomic E-state index is 0.259. The summed E-state index contributed by atoms with van der Waals surface area (Å²) in [5.74, 6) is -1.75. The molecule has 0 atom stereocenters. The van der Waals surface area contributed by atoms with Gasteiger partial charge in [0.05, 0.1) is 4.91 Å². The van der Waals surface area contributed by atoms with Crippen molar-refractivity contribution in [2.75, 3.05) is 6.54 Å². The zero-order valence-corrected chi connectivity index (χ0v) is 10.1. The van der Waals surface area contributed by atoms with E-state index in [2.05, 4.69) is 0 Å². The molecule has 2 heterocycles. The Bertz CT molecular complexity index is 506. The smallest absolute Gasteiger partial charge is 0.323 e. The second-order valence-electron chi connectivity index (χ2n) is 3.22. The number of thioether (sulfide) groups is 1. The maximum absolute atomic E-state index is 11.7. The Hall–Kier alpha value is -1.60. The maximum Gasteiger partial charge on any atom is 0.323 e. The molecule has 0 radical (unpaired) electrons. The van der Waals surface area contributed by atoms with Crippen LogP contribution in [0.2, 0.25) is 0 Å². The minimum atomic E-state index is -1.20. The second kappa shape index (κ2) is 4.72. The second-order valence-corrected chi connectivity index (χ2v) is 4.99. The molecule has 0 spiro atoms. The van der Waals surface area contributed by atoms with Gasteiger partial charge in [0.2, 0.25) is 0 Å². The summed E-state index contributed by atoms with van der Waals surface area (Å²) in [7, 11) is 0. The topological polar surface area (TPSA) is 74.7 Å². The summed E-state index contributed by atoms with van der Waals surface area (Å²) in [6.45, 7) is -0.592. The Morgan fingerprint density at radius 2 is 2.24 bits per heavy atom. The molecular formula is C10H7NO4S2. The lowest BCUT2D eigenvalue weighted by Crippen LogP contribution is -2.33. The molecule has 17 heavy (non-hydrogen) atoms. The van der Waals surface area contributed by atoms with Gasteiger partial charge in [-0.25, -0.2) is 0 Å². The summed E-state index contributed by atoms with van der Waals surface area (Å²) in [4.78, 5) is 34.6. The highest BCUT2D eigenvalue weighted by atomic mass is 32.2. The molecule has 0 aliphatic carbocycles. The molecule has 1 aromatic rings. The fourth-order valence-corrected chi connectivity index (χ4v) is 2.74. The van der Waals surface area contributed by atoms with Gasteiger partial charge in [0, 0.05) is 0 Å². The molecule has 0 aromatic carbocycles. The number of hydrogen-bond donors (Lipinski definition) is 1. The van der Waals surface area contributed by atoms with E-state index in [1.165, 1.54) is 11.3 Å². The summed E-state index contributed by atoms with van der Waals surface area (Å²) in [6, 6.07) is 1.82. The first-order valence-electron chi connectivity index (χ1n) is 4.57. The van der Waals surface area contributed by atoms with Crippen LogP contribution in [-0.4, -0.2) is 33.7 Å². The number of hydrogen-bond acceptors (Lipinski definition) is 5. The van der Waals surface area contributed by atoms with Gasteiger partial charge in [-0.1, -0.05) is 0 Å². The first-order chi connectivity index (χ1) is 8.08. The molecule has 1 aromatic heterocycles. The lowest BCUT2D eigenvalue weighted by atomic mass is 10.3. The molecule has 88 valence electrons. The van der Waals surface area contributed by atoms with Crippen molar-refractivity contribution in [3.05, 3.63) is 27.3 Å². The molecule has 7 heteroatoms. The Kier molecular flexibility index (Phi) is 3.30. The highest BCUT2D eigenvalue weighted by Gasteiger charge is 2.36. The largest absolute Gasteiger partial charge is 0.480 e. The number of carboxylic acid groups (broad SMARTS) is 1. The molecule has 1 saturated heterocycles. The van der Waals surface area contributed by atoms with Crippen molar-refractivity contribution >= 4 is 46.3 Å². The van der Waals surface area contributed by atoms with E-state index in [0.717, 1.165) is 22.2 Å².